The van der Waals surface area contributed by atoms with Gasteiger partial charge < -0.3 is 10.1 Å². The molecule has 2 N–H and O–H groups in total. The first-order valence-electron chi connectivity index (χ1n) is 5.37. The topological polar surface area (TPSA) is 93.2 Å². The molecular formula is C12H12FN5O. The molecule has 0 atom stereocenters. The fourth-order valence-electron chi connectivity index (χ4n) is 1.24. The van der Waals surface area contributed by atoms with Crippen molar-refractivity contribution in [2.75, 3.05) is 31.0 Å². The van der Waals surface area contributed by atoms with Crippen LogP contribution in [0.4, 0.5) is 15.8 Å². The minimum Gasteiger partial charge on any atom is -0.383 e. The molecule has 0 fully saturated rings. The normalized spacial score (nSPS) is 9.05. The van der Waals surface area contributed by atoms with E-state index in [2.05, 4.69) is 15.8 Å². The van der Waals surface area contributed by atoms with Crippen molar-refractivity contribution >= 4 is 17.1 Å². The van der Waals surface area contributed by atoms with Gasteiger partial charge in [0.15, 0.2) is 0 Å². The summed E-state index contributed by atoms with van der Waals surface area (Å²) in [5, 5.41) is 23.7. The van der Waals surface area contributed by atoms with Crippen molar-refractivity contribution in [3.8, 4) is 12.1 Å². The number of nitriles is 2. The Bertz CT molecular complexity index is 528. The minimum absolute atomic E-state index is 0.333. The molecule has 0 unspecified atom stereocenters. The molecule has 0 saturated heterocycles. The third kappa shape index (κ3) is 4.62. The van der Waals surface area contributed by atoms with Gasteiger partial charge in [0.05, 0.1) is 18.0 Å². The van der Waals surface area contributed by atoms with Crippen LogP contribution in [0.2, 0.25) is 0 Å². The zero-order valence-electron chi connectivity index (χ0n) is 10.3. The first-order valence-corrected chi connectivity index (χ1v) is 5.37. The molecule has 98 valence electrons. The van der Waals surface area contributed by atoms with Gasteiger partial charge in [0, 0.05) is 19.7 Å². The maximum absolute atomic E-state index is 13.2. The Balaban J connectivity index is 2.86. The number of hydrogen-bond donors (Lipinski definition) is 2. The minimum atomic E-state index is -0.453. The summed E-state index contributed by atoms with van der Waals surface area (Å²) in [6.45, 7) is 1.02. The molecule has 0 aliphatic heterocycles. The SMILES string of the molecule is COCCNc1ccc(F)cc1NN=C(C#N)C#N. The van der Waals surface area contributed by atoms with Crippen molar-refractivity contribution < 1.29 is 9.13 Å². The quantitative estimate of drug-likeness (QED) is 0.462. The fraction of sp³-hybridized carbons (Fsp3) is 0.250. The van der Waals surface area contributed by atoms with Gasteiger partial charge >= 0.3 is 0 Å². The van der Waals surface area contributed by atoms with Gasteiger partial charge in [-0.15, -0.1) is 0 Å². The van der Waals surface area contributed by atoms with E-state index in [-0.39, 0.29) is 5.71 Å². The Morgan fingerprint density at radius 3 is 2.74 bits per heavy atom. The summed E-state index contributed by atoms with van der Waals surface area (Å²) >= 11 is 0. The number of anilines is 2. The smallest absolute Gasteiger partial charge is 0.237 e. The second kappa shape index (κ2) is 7.64. The average Bonchev–Trinajstić information content (AvgIpc) is 2.42. The summed E-state index contributed by atoms with van der Waals surface area (Å²) in [6, 6.07) is 7.23. The molecule has 0 aromatic heterocycles. The van der Waals surface area contributed by atoms with Crippen LogP contribution in [0.25, 0.3) is 0 Å². The van der Waals surface area contributed by atoms with Crippen LogP contribution in [-0.4, -0.2) is 26.0 Å². The van der Waals surface area contributed by atoms with Gasteiger partial charge in [0.25, 0.3) is 0 Å². The van der Waals surface area contributed by atoms with E-state index in [0.29, 0.717) is 24.5 Å². The molecule has 1 rings (SSSR count). The lowest BCUT2D eigenvalue weighted by Gasteiger charge is -2.11. The number of ether oxygens (including phenoxy) is 1. The molecule has 19 heavy (non-hydrogen) atoms. The number of rotatable bonds is 6. The molecule has 0 aliphatic carbocycles. The van der Waals surface area contributed by atoms with Crippen LogP contribution in [0.1, 0.15) is 0 Å². The highest BCUT2D eigenvalue weighted by atomic mass is 19.1. The molecule has 1 aromatic rings. The number of nitrogens with zero attached hydrogens (tertiary/aromatic N) is 3. The number of hydrazone groups is 1. The third-order valence-electron chi connectivity index (χ3n) is 2.10. The Morgan fingerprint density at radius 1 is 1.37 bits per heavy atom. The average molecular weight is 261 g/mol. The van der Waals surface area contributed by atoms with Crippen LogP contribution >= 0.6 is 0 Å². The predicted molar refractivity (Wildman–Crippen MR) is 69.0 cm³/mol. The second-order valence-corrected chi connectivity index (χ2v) is 3.41. The van der Waals surface area contributed by atoms with E-state index in [9.17, 15) is 4.39 Å². The molecule has 0 bridgehead atoms. The van der Waals surface area contributed by atoms with E-state index < -0.39 is 5.82 Å². The molecule has 7 heteroatoms. The van der Waals surface area contributed by atoms with E-state index in [4.69, 9.17) is 15.3 Å². The van der Waals surface area contributed by atoms with Crippen molar-refractivity contribution in [3.05, 3.63) is 24.0 Å². The zero-order valence-corrected chi connectivity index (χ0v) is 10.3. The van der Waals surface area contributed by atoms with Gasteiger partial charge in [-0.3, -0.25) is 5.43 Å². The number of methoxy groups -OCH3 is 1. The lowest BCUT2D eigenvalue weighted by atomic mass is 10.2. The highest BCUT2D eigenvalue weighted by Gasteiger charge is 2.04. The van der Waals surface area contributed by atoms with Crippen molar-refractivity contribution in [1.29, 1.82) is 10.5 Å². The van der Waals surface area contributed by atoms with Gasteiger partial charge in [0.1, 0.15) is 18.0 Å². The van der Waals surface area contributed by atoms with Crippen molar-refractivity contribution in [3.63, 3.8) is 0 Å². The summed E-state index contributed by atoms with van der Waals surface area (Å²) in [7, 11) is 1.57. The van der Waals surface area contributed by atoms with Crippen LogP contribution in [0.3, 0.4) is 0 Å². The zero-order chi connectivity index (χ0) is 14.1. The Kier molecular flexibility index (Phi) is 5.80. The van der Waals surface area contributed by atoms with Crippen molar-refractivity contribution in [1.82, 2.24) is 0 Å². The molecule has 0 saturated carbocycles. The van der Waals surface area contributed by atoms with E-state index >= 15 is 0 Å². The Hall–Kier alpha value is -2.64. The number of nitrogens with one attached hydrogen (secondary N) is 2. The molecular weight excluding hydrogens is 249 g/mol. The van der Waals surface area contributed by atoms with Crippen LogP contribution in [0.5, 0.6) is 0 Å². The van der Waals surface area contributed by atoms with E-state index in [0.717, 1.165) is 0 Å². The number of hydrogen-bond acceptors (Lipinski definition) is 6. The Labute approximate surface area is 110 Å². The van der Waals surface area contributed by atoms with E-state index in [1.165, 1.54) is 18.2 Å². The van der Waals surface area contributed by atoms with Crippen LogP contribution in [0.15, 0.2) is 23.3 Å². The van der Waals surface area contributed by atoms with Gasteiger partial charge in [0.2, 0.25) is 5.71 Å². The summed E-state index contributed by atoms with van der Waals surface area (Å²) in [6.07, 6.45) is 0. The maximum Gasteiger partial charge on any atom is 0.237 e. The highest BCUT2D eigenvalue weighted by Crippen LogP contribution is 2.22. The first kappa shape index (κ1) is 14.4. The molecule has 0 aliphatic rings. The van der Waals surface area contributed by atoms with Crippen molar-refractivity contribution in [2.45, 2.75) is 0 Å². The molecule has 1 aromatic carbocycles. The lowest BCUT2D eigenvalue weighted by Crippen LogP contribution is -2.09. The first-order chi connectivity index (χ1) is 9.21. The van der Waals surface area contributed by atoms with Crippen LogP contribution < -0.4 is 10.7 Å². The molecule has 0 heterocycles. The summed E-state index contributed by atoms with van der Waals surface area (Å²) in [5.74, 6) is -0.453. The predicted octanol–water partition coefficient (Wildman–Crippen LogP) is 1.70. The molecule has 0 amide bonds. The Morgan fingerprint density at radius 2 is 2.11 bits per heavy atom. The van der Waals surface area contributed by atoms with Gasteiger partial charge in [-0.2, -0.15) is 15.6 Å². The molecule has 6 nitrogen and oxygen atoms in total. The van der Waals surface area contributed by atoms with E-state index in [1.54, 1.807) is 19.2 Å². The number of halogens is 1. The van der Waals surface area contributed by atoms with Gasteiger partial charge in [-0.25, -0.2) is 4.39 Å². The van der Waals surface area contributed by atoms with Crippen LogP contribution in [0, 0.1) is 28.5 Å². The summed E-state index contributed by atoms with van der Waals surface area (Å²) in [5.41, 5.74) is 3.07. The largest absolute Gasteiger partial charge is 0.383 e. The van der Waals surface area contributed by atoms with Gasteiger partial charge in [-0.1, -0.05) is 0 Å². The van der Waals surface area contributed by atoms with Crippen LogP contribution in [-0.2, 0) is 4.74 Å². The molecule has 0 spiro atoms. The standard InChI is InChI=1S/C12H12FN5O/c1-19-5-4-16-11-3-2-9(13)6-12(11)18-17-10(7-14)8-15/h2-3,6,16,18H,4-5H2,1H3. The monoisotopic (exact) mass is 261 g/mol. The second-order valence-electron chi connectivity index (χ2n) is 3.41. The third-order valence-corrected chi connectivity index (χ3v) is 2.10. The summed E-state index contributed by atoms with van der Waals surface area (Å²) in [4.78, 5) is 0. The summed E-state index contributed by atoms with van der Waals surface area (Å²) < 4.78 is 18.0. The van der Waals surface area contributed by atoms with Crippen molar-refractivity contribution in [2.24, 2.45) is 5.10 Å². The van der Waals surface area contributed by atoms with E-state index in [1.807, 2.05) is 0 Å². The molecule has 0 radical (unpaired) electrons. The fourth-order valence-corrected chi connectivity index (χ4v) is 1.24. The van der Waals surface area contributed by atoms with Gasteiger partial charge in [-0.05, 0) is 12.1 Å². The number of benzene rings is 1. The maximum atomic E-state index is 13.2. The lowest BCUT2D eigenvalue weighted by molar-refractivity contribution is 0.211. The highest BCUT2D eigenvalue weighted by molar-refractivity contribution is 6.10.